The van der Waals surface area contributed by atoms with E-state index in [1.807, 2.05) is 12.2 Å². The zero-order valence-corrected chi connectivity index (χ0v) is 8.64. The second kappa shape index (κ2) is 3.41. The van der Waals surface area contributed by atoms with Crippen molar-refractivity contribution in [1.82, 2.24) is 4.98 Å². The van der Waals surface area contributed by atoms with Crippen LogP contribution in [0.25, 0.3) is 12.2 Å². The minimum absolute atomic E-state index is 0.984. The Hall–Kier alpha value is -1.37. The van der Waals surface area contributed by atoms with Crippen LogP contribution in [0.2, 0.25) is 0 Å². The Morgan fingerprint density at radius 1 is 1.21 bits per heavy atom. The molecule has 2 rings (SSSR count). The van der Waals surface area contributed by atoms with Gasteiger partial charge in [-0.25, -0.2) is 0 Å². The van der Waals surface area contributed by atoms with Crippen molar-refractivity contribution in [3.8, 4) is 0 Å². The molecule has 1 aromatic heterocycles. The Labute approximate surface area is 85.2 Å². The summed E-state index contributed by atoms with van der Waals surface area (Å²) < 4.78 is 0. The van der Waals surface area contributed by atoms with E-state index in [0.29, 0.717) is 0 Å². The summed E-state index contributed by atoms with van der Waals surface area (Å²) in [6, 6.07) is 0. The van der Waals surface area contributed by atoms with E-state index in [9.17, 15) is 0 Å². The molecule has 14 heavy (non-hydrogen) atoms. The van der Waals surface area contributed by atoms with Gasteiger partial charge in [-0.2, -0.15) is 0 Å². The molecule has 0 spiro atoms. The molecular formula is C13H15N. The molecule has 0 N–H and O–H groups in total. The van der Waals surface area contributed by atoms with Crippen LogP contribution in [-0.4, -0.2) is 4.98 Å². The molecule has 0 radical (unpaired) electrons. The van der Waals surface area contributed by atoms with Gasteiger partial charge < -0.3 is 0 Å². The Kier molecular flexibility index (Phi) is 2.24. The average Bonchev–Trinajstić information content (AvgIpc) is 2.65. The van der Waals surface area contributed by atoms with Crippen LogP contribution in [0.4, 0.5) is 0 Å². The SMILES string of the molecule is C=Cc1nc2c(c(C)c1C=C)CCC2. The normalized spacial score (nSPS) is 13.8. The third-order valence-corrected chi connectivity index (χ3v) is 2.97. The second-order valence-electron chi connectivity index (χ2n) is 3.72. The maximum Gasteiger partial charge on any atom is 0.0702 e. The van der Waals surface area contributed by atoms with Gasteiger partial charge in [0.15, 0.2) is 0 Å². The van der Waals surface area contributed by atoms with E-state index < -0.39 is 0 Å². The minimum Gasteiger partial charge on any atom is -0.253 e. The van der Waals surface area contributed by atoms with Crippen LogP contribution >= 0.6 is 0 Å². The number of nitrogens with zero attached hydrogens (tertiary/aromatic N) is 1. The van der Waals surface area contributed by atoms with Crippen molar-refractivity contribution < 1.29 is 0 Å². The van der Waals surface area contributed by atoms with Gasteiger partial charge in [0.1, 0.15) is 0 Å². The highest BCUT2D eigenvalue weighted by Gasteiger charge is 2.17. The molecule has 1 heteroatoms. The maximum absolute atomic E-state index is 4.61. The van der Waals surface area contributed by atoms with Gasteiger partial charge in [-0.15, -0.1) is 0 Å². The molecule has 0 saturated heterocycles. The Morgan fingerprint density at radius 2 is 2.00 bits per heavy atom. The van der Waals surface area contributed by atoms with E-state index in [2.05, 4.69) is 25.1 Å². The summed E-state index contributed by atoms with van der Waals surface area (Å²) in [5.41, 5.74) is 6.18. The molecule has 0 saturated carbocycles. The van der Waals surface area contributed by atoms with E-state index in [1.54, 1.807) is 0 Å². The topological polar surface area (TPSA) is 12.9 Å². The second-order valence-corrected chi connectivity index (χ2v) is 3.72. The predicted molar refractivity (Wildman–Crippen MR) is 61.2 cm³/mol. The molecule has 0 aromatic carbocycles. The molecule has 1 aromatic rings. The summed E-state index contributed by atoms with van der Waals surface area (Å²) in [4.78, 5) is 4.61. The van der Waals surface area contributed by atoms with Gasteiger partial charge in [0, 0.05) is 11.3 Å². The summed E-state index contributed by atoms with van der Waals surface area (Å²) in [6.07, 6.45) is 7.24. The molecule has 72 valence electrons. The molecule has 0 amide bonds. The van der Waals surface area contributed by atoms with Gasteiger partial charge >= 0.3 is 0 Å². The number of rotatable bonds is 2. The van der Waals surface area contributed by atoms with Crippen LogP contribution in [0.15, 0.2) is 13.2 Å². The molecule has 0 bridgehead atoms. The van der Waals surface area contributed by atoms with E-state index in [1.165, 1.54) is 29.7 Å². The highest BCUT2D eigenvalue weighted by Crippen LogP contribution is 2.28. The molecule has 1 aliphatic carbocycles. The summed E-state index contributed by atoms with van der Waals surface area (Å²) in [6.45, 7) is 9.80. The highest BCUT2D eigenvalue weighted by molar-refractivity contribution is 5.65. The summed E-state index contributed by atoms with van der Waals surface area (Å²) in [5, 5.41) is 0. The fourth-order valence-electron chi connectivity index (χ4n) is 2.23. The van der Waals surface area contributed by atoms with E-state index in [4.69, 9.17) is 0 Å². The number of hydrogen-bond donors (Lipinski definition) is 0. The van der Waals surface area contributed by atoms with Crippen LogP contribution in [0.3, 0.4) is 0 Å². The first-order chi connectivity index (χ1) is 6.77. The average molecular weight is 185 g/mol. The van der Waals surface area contributed by atoms with Crippen LogP contribution in [-0.2, 0) is 12.8 Å². The first kappa shape index (κ1) is 9.20. The molecular weight excluding hydrogens is 170 g/mol. The molecule has 0 fully saturated rings. The van der Waals surface area contributed by atoms with Crippen molar-refractivity contribution in [2.24, 2.45) is 0 Å². The molecule has 0 atom stereocenters. The molecule has 1 nitrogen and oxygen atoms in total. The lowest BCUT2D eigenvalue weighted by atomic mass is 10.0. The Morgan fingerprint density at radius 3 is 2.64 bits per heavy atom. The first-order valence-corrected chi connectivity index (χ1v) is 5.05. The van der Waals surface area contributed by atoms with Crippen molar-refractivity contribution in [2.75, 3.05) is 0 Å². The lowest BCUT2D eigenvalue weighted by Gasteiger charge is -2.10. The van der Waals surface area contributed by atoms with Gasteiger partial charge in [0.05, 0.1) is 5.69 Å². The zero-order chi connectivity index (χ0) is 10.1. The van der Waals surface area contributed by atoms with Gasteiger partial charge in [0.25, 0.3) is 0 Å². The van der Waals surface area contributed by atoms with Gasteiger partial charge in [-0.05, 0) is 43.4 Å². The largest absolute Gasteiger partial charge is 0.253 e. The summed E-state index contributed by atoms with van der Waals surface area (Å²) in [5.74, 6) is 0. The van der Waals surface area contributed by atoms with Crippen LogP contribution in [0, 0.1) is 6.92 Å². The third-order valence-electron chi connectivity index (χ3n) is 2.97. The van der Waals surface area contributed by atoms with Crippen molar-refractivity contribution >= 4 is 12.2 Å². The number of aromatic nitrogens is 1. The zero-order valence-electron chi connectivity index (χ0n) is 8.64. The van der Waals surface area contributed by atoms with Crippen molar-refractivity contribution in [3.05, 3.63) is 41.2 Å². The third kappa shape index (κ3) is 1.20. The molecule has 1 heterocycles. The van der Waals surface area contributed by atoms with Gasteiger partial charge in [-0.1, -0.05) is 19.2 Å². The predicted octanol–water partition coefficient (Wildman–Crippen LogP) is 3.16. The van der Waals surface area contributed by atoms with Crippen LogP contribution in [0.5, 0.6) is 0 Å². The van der Waals surface area contributed by atoms with Crippen molar-refractivity contribution in [3.63, 3.8) is 0 Å². The van der Waals surface area contributed by atoms with Crippen molar-refractivity contribution in [2.45, 2.75) is 26.2 Å². The standard InChI is InChI=1S/C13H15N/c1-4-10-9(3)11-7-6-8-13(11)14-12(10)5-2/h4-5H,1-2,6-8H2,3H3. The maximum atomic E-state index is 4.61. The smallest absolute Gasteiger partial charge is 0.0702 e. The number of pyridine rings is 1. The first-order valence-electron chi connectivity index (χ1n) is 5.05. The quantitative estimate of drug-likeness (QED) is 0.689. The Balaban J connectivity index is 2.71. The van der Waals surface area contributed by atoms with Gasteiger partial charge in [0.2, 0.25) is 0 Å². The summed E-state index contributed by atoms with van der Waals surface area (Å²) >= 11 is 0. The van der Waals surface area contributed by atoms with E-state index in [-0.39, 0.29) is 0 Å². The fourth-order valence-corrected chi connectivity index (χ4v) is 2.23. The monoisotopic (exact) mass is 185 g/mol. The highest BCUT2D eigenvalue weighted by atomic mass is 14.7. The molecule has 0 aliphatic heterocycles. The fraction of sp³-hybridized carbons (Fsp3) is 0.308. The van der Waals surface area contributed by atoms with E-state index >= 15 is 0 Å². The van der Waals surface area contributed by atoms with Crippen LogP contribution in [0.1, 0.15) is 34.5 Å². The lowest BCUT2D eigenvalue weighted by molar-refractivity contribution is 0.898. The minimum atomic E-state index is 0.984. The summed E-state index contributed by atoms with van der Waals surface area (Å²) in [7, 11) is 0. The lowest BCUT2D eigenvalue weighted by Crippen LogP contribution is -1.99. The van der Waals surface area contributed by atoms with Crippen molar-refractivity contribution in [1.29, 1.82) is 0 Å². The number of hydrogen-bond acceptors (Lipinski definition) is 1. The Bertz CT molecular complexity index is 402. The van der Waals surface area contributed by atoms with Gasteiger partial charge in [-0.3, -0.25) is 4.98 Å². The number of fused-ring (bicyclic) bond motifs is 1. The van der Waals surface area contributed by atoms with Crippen LogP contribution < -0.4 is 0 Å². The number of aryl methyl sites for hydroxylation is 1. The molecule has 0 unspecified atom stereocenters. The van der Waals surface area contributed by atoms with E-state index in [0.717, 1.165) is 17.7 Å². The molecule has 1 aliphatic rings.